The Bertz CT molecular complexity index is 1130. The second-order valence-electron chi connectivity index (χ2n) is 8.32. The number of aliphatic hydroxyl groups is 1. The number of amides is 1. The number of hydrogen-bond acceptors (Lipinski definition) is 4. The normalized spacial score (nSPS) is 18.5. The lowest BCUT2D eigenvalue weighted by Gasteiger charge is -2.30. The van der Waals surface area contributed by atoms with Crippen molar-refractivity contribution in [1.29, 1.82) is 0 Å². The van der Waals surface area contributed by atoms with E-state index in [1.54, 1.807) is 0 Å². The molecule has 0 spiro atoms. The highest BCUT2D eigenvalue weighted by atomic mass is 16.5. The van der Waals surface area contributed by atoms with Crippen molar-refractivity contribution in [2.75, 3.05) is 13.1 Å². The lowest BCUT2D eigenvalue weighted by molar-refractivity contribution is 0.0789. The quantitative estimate of drug-likeness (QED) is 0.722. The molecule has 1 N–H and O–H groups in total. The number of aryl methyl sites for hydroxylation is 2. The Balaban J connectivity index is 1.64. The van der Waals surface area contributed by atoms with Gasteiger partial charge in [-0.25, -0.2) is 4.98 Å². The first-order chi connectivity index (χ1) is 14.6. The van der Waals surface area contributed by atoms with Crippen LogP contribution in [0.5, 0.6) is 5.75 Å². The fourth-order valence-electron chi connectivity index (χ4n) is 4.79. The molecule has 0 unspecified atom stereocenters. The zero-order chi connectivity index (χ0) is 20.8. The van der Waals surface area contributed by atoms with Crippen LogP contribution in [0, 0.1) is 6.92 Å². The monoisotopic (exact) mass is 405 g/mol. The predicted octanol–water partition coefficient (Wildman–Crippen LogP) is 3.68. The fourth-order valence-corrected chi connectivity index (χ4v) is 4.79. The van der Waals surface area contributed by atoms with Gasteiger partial charge in [0.2, 0.25) is 0 Å². The van der Waals surface area contributed by atoms with Crippen LogP contribution in [-0.4, -0.2) is 38.6 Å². The summed E-state index contributed by atoms with van der Waals surface area (Å²) >= 11 is 0. The summed E-state index contributed by atoms with van der Waals surface area (Å²) in [5.41, 5.74) is 5.33. The minimum atomic E-state index is -0.163. The van der Waals surface area contributed by atoms with Crippen molar-refractivity contribution in [2.24, 2.45) is 7.05 Å². The number of carbonyl (C=O) groups excluding carboxylic acids is 1. The molecule has 3 heterocycles. The van der Waals surface area contributed by atoms with Gasteiger partial charge in [0, 0.05) is 31.3 Å². The van der Waals surface area contributed by atoms with Gasteiger partial charge in [-0.15, -0.1) is 0 Å². The topological polar surface area (TPSA) is 67.6 Å². The molecule has 2 aliphatic rings. The maximum Gasteiger partial charge on any atom is 0.254 e. The summed E-state index contributed by atoms with van der Waals surface area (Å²) < 4.78 is 8.56. The molecule has 156 valence electrons. The summed E-state index contributed by atoms with van der Waals surface area (Å²) in [6, 6.07) is 9.85. The number of likely N-dealkylation sites (tertiary alicyclic amines) is 1. The minimum Gasteiger partial charge on any atom is -0.483 e. The van der Waals surface area contributed by atoms with Gasteiger partial charge in [0.25, 0.3) is 5.91 Å². The van der Waals surface area contributed by atoms with Crippen LogP contribution in [0.3, 0.4) is 0 Å². The zero-order valence-corrected chi connectivity index (χ0v) is 17.5. The molecule has 1 amide bonds. The van der Waals surface area contributed by atoms with Crippen LogP contribution < -0.4 is 4.74 Å². The average Bonchev–Trinajstić information content (AvgIpc) is 3.41. The van der Waals surface area contributed by atoms with Crippen LogP contribution >= 0.6 is 0 Å². The van der Waals surface area contributed by atoms with E-state index >= 15 is 0 Å². The smallest absolute Gasteiger partial charge is 0.254 e. The van der Waals surface area contributed by atoms with E-state index in [0.29, 0.717) is 0 Å². The van der Waals surface area contributed by atoms with Gasteiger partial charge in [0.05, 0.1) is 12.1 Å². The number of hydrogen-bond donors (Lipinski definition) is 1. The Morgan fingerprint density at radius 1 is 1.27 bits per heavy atom. The van der Waals surface area contributed by atoms with E-state index in [1.165, 1.54) is 0 Å². The second-order valence-corrected chi connectivity index (χ2v) is 8.32. The molecule has 2 aliphatic heterocycles. The van der Waals surface area contributed by atoms with E-state index in [1.807, 2.05) is 53.8 Å². The largest absolute Gasteiger partial charge is 0.483 e. The molecule has 2 aromatic carbocycles. The third-order valence-electron chi connectivity index (χ3n) is 6.57. The first kappa shape index (κ1) is 19.1. The standard InChI is InChI=1S/C24H27N3O3/c1-15-25-22-20(26(15)2)13-19(24(29)27-11-5-6-12-27)18-9-10-21(30-23(18)22)17-8-4-3-7-16(17)14-28/h3-4,7-8,13,21,28H,5-6,9-12,14H2,1-2H3/t21-/m0/s1. The van der Waals surface area contributed by atoms with Gasteiger partial charge in [-0.2, -0.15) is 0 Å². The van der Waals surface area contributed by atoms with Gasteiger partial charge in [0.15, 0.2) is 5.75 Å². The number of ether oxygens (including phenoxy) is 1. The van der Waals surface area contributed by atoms with Gasteiger partial charge in [-0.1, -0.05) is 24.3 Å². The first-order valence-electron chi connectivity index (χ1n) is 10.7. The Hall–Kier alpha value is -2.86. The van der Waals surface area contributed by atoms with Gasteiger partial charge in [-0.3, -0.25) is 4.79 Å². The third-order valence-corrected chi connectivity index (χ3v) is 6.57. The molecule has 6 heteroatoms. The van der Waals surface area contributed by atoms with Crippen LogP contribution in [0.25, 0.3) is 11.0 Å². The molecule has 0 bridgehead atoms. The lowest BCUT2D eigenvalue weighted by atomic mass is 9.91. The van der Waals surface area contributed by atoms with Gasteiger partial charge in [-0.05, 0) is 49.8 Å². The SMILES string of the molecule is Cc1nc2c3c(c(C(=O)N4CCCC4)cc2n1C)CC[C@@H](c1ccccc1CO)O3. The highest BCUT2D eigenvalue weighted by Gasteiger charge is 2.32. The van der Waals surface area contributed by atoms with Crippen molar-refractivity contribution >= 4 is 16.9 Å². The highest BCUT2D eigenvalue weighted by molar-refractivity contribution is 6.01. The molecule has 3 aromatic rings. The Morgan fingerprint density at radius 3 is 2.80 bits per heavy atom. The van der Waals surface area contributed by atoms with Crippen LogP contribution in [0.2, 0.25) is 0 Å². The zero-order valence-electron chi connectivity index (χ0n) is 17.5. The van der Waals surface area contributed by atoms with Crippen molar-refractivity contribution in [1.82, 2.24) is 14.5 Å². The predicted molar refractivity (Wildman–Crippen MR) is 115 cm³/mol. The van der Waals surface area contributed by atoms with E-state index in [0.717, 1.165) is 83.6 Å². The first-order valence-corrected chi connectivity index (χ1v) is 10.7. The van der Waals surface area contributed by atoms with Crippen LogP contribution in [-0.2, 0) is 20.1 Å². The maximum atomic E-state index is 13.3. The molecule has 1 saturated heterocycles. The van der Waals surface area contributed by atoms with Crippen LogP contribution in [0.1, 0.15) is 58.2 Å². The molecule has 6 nitrogen and oxygen atoms in total. The fraction of sp³-hybridized carbons (Fsp3) is 0.417. The molecule has 0 saturated carbocycles. The van der Waals surface area contributed by atoms with Crippen molar-refractivity contribution in [2.45, 2.75) is 45.3 Å². The van der Waals surface area contributed by atoms with Gasteiger partial charge >= 0.3 is 0 Å². The third kappa shape index (κ3) is 2.98. The molecule has 5 rings (SSSR count). The van der Waals surface area contributed by atoms with E-state index in [4.69, 9.17) is 9.72 Å². The van der Waals surface area contributed by atoms with Crippen molar-refractivity contribution in [3.8, 4) is 5.75 Å². The Morgan fingerprint density at radius 2 is 2.03 bits per heavy atom. The summed E-state index contributed by atoms with van der Waals surface area (Å²) in [5.74, 6) is 1.71. The number of rotatable bonds is 3. The Kier molecular flexibility index (Phi) is 4.74. The Labute approximate surface area is 176 Å². The van der Waals surface area contributed by atoms with Crippen molar-refractivity contribution < 1.29 is 14.6 Å². The van der Waals surface area contributed by atoms with E-state index < -0.39 is 0 Å². The highest BCUT2D eigenvalue weighted by Crippen LogP contribution is 2.42. The second kappa shape index (κ2) is 7.43. The van der Waals surface area contributed by atoms with Gasteiger partial charge in [0.1, 0.15) is 17.4 Å². The molecule has 1 fully saturated rings. The molecule has 30 heavy (non-hydrogen) atoms. The molecular weight excluding hydrogens is 378 g/mol. The lowest BCUT2D eigenvalue weighted by Crippen LogP contribution is -2.29. The number of benzene rings is 2. The number of fused-ring (bicyclic) bond motifs is 3. The van der Waals surface area contributed by atoms with E-state index in [9.17, 15) is 9.90 Å². The molecule has 0 radical (unpaired) electrons. The van der Waals surface area contributed by atoms with Gasteiger partial charge < -0.3 is 19.3 Å². The average molecular weight is 405 g/mol. The number of imidazole rings is 1. The summed E-state index contributed by atoms with van der Waals surface area (Å²) in [6.45, 7) is 3.59. The number of aromatic nitrogens is 2. The molecule has 0 aliphatic carbocycles. The summed E-state index contributed by atoms with van der Waals surface area (Å²) in [5, 5.41) is 9.77. The molecule has 1 atom stereocenters. The summed E-state index contributed by atoms with van der Waals surface area (Å²) in [6.07, 6.45) is 3.49. The number of aliphatic hydroxyl groups excluding tert-OH is 1. The number of carbonyl (C=O) groups is 1. The molecule has 1 aromatic heterocycles. The van der Waals surface area contributed by atoms with Crippen LogP contribution in [0.4, 0.5) is 0 Å². The van der Waals surface area contributed by atoms with E-state index in [2.05, 4.69) is 0 Å². The van der Waals surface area contributed by atoms with Crippen molar-refractivity contribution in [3.63, 3.8) is 0 Å². The number of nitrogens with zero attached hydrogens (tertiary/aromatic N) is 3. The molecular formula is C24H27N3O3. The summed E-state index contributed by atoms with van der Waals surface area (Å²) in [7, 11) is 1.97. The maximum absolute atomic E-state index is 13.3. The van der Waals surface area contributed by atoms with Crippen LogP contribution in [0.15, 0.2) is 30.3 Å². The van der Waals surface area contributed by atoms with E-state index in [-0.39, 0.29) is 18.6 Å². The summed E-state index contributed by atoms with van der Waals surface area (Å²) in [4.78, 5) is 20.1. The minimum absolute atomic E-state index is 0.0194. The van der Waals surface area contributed by atoms with Crippen molar-refractivity contribution in [3.05, 3.63) is 58.4 Å².